The first kappa shape index (κ1) is 33.9. The molecule has 2 N–H and O–H groups in total. The van der Waals surface area contributed by atoms with E-state index in [1.165, 1.54) is 17.8 Å². The van der Waals surface area contributed by atoms with Gasteiger partial charge >= 0.3 is 5.97 Å². The van der Waals surface area contributed by atoms with Gasteiger partial charge < -0.3 is 19.9 Å². The smallest absolute Gasteiger partial charge is 0.339 e. The van der Waals surface area contributed by atoms with Crippen LogP contribution in [0, 0.1) is 12.8 Å². The van der Waals surface area contributed by atoms with Gasteiger partial charge in [0.1, 0.15) is 23.7 Å². The molecule has 7 nitrogen and oxygen atoms in total. The zero-order chi connectivity index (χ0) is 30.4. The number of methoxy groups -OCH3 is 1. The van der Waals surface area contributed by atoms with Crippen LogP contribution < -0.4 is 10.1 Å². The molecule has 0 saturated carbocycles. The monoisotopic (exact) mass is 597 g/mol. The van der Waals surface area contributed by atoms with E-state index in [1.807, 2.05) is 50.4 Å². The van der Waals surface area contributed by atoms with Gasteiger partial charge in [-0.25, -0.2) is 14.8 Å². The average Bonchev–Trinajstić information content (AvgIpc) is 3.61. The van der Waals surface area contributed by atoms with Crippen molar-refractivity contribution in [2.24, 2.45) is 5.92 Å². The van der Waals surface area contributed by atoms with E-state index < -0.39 is 5.97 Å². The molecule has 0 aliphatic heterocycles. The van der Waals surface area contributed by atoms with E-state index in [-0.39, 0.29) is 11.4 Å². The van der Waals surface area contributed by atoms with E-state index in [0.717, 1.165) is 44.3 Å². The predicted molar refractivity (Wildman–Crippen MR) is 173 cm³/mol. The third kappa shape index (κ3) is 10.3. The number of carbonyl (C=O) groups is 1. The quantitative estimate of drug-likeness (QED) is 0.166. The Morgan fingerprint density at radius 2 is 1.83 bits per heavy atom. The molecule has 0 saturated heterocycles. The summed E-state index contributed by atoms with van der Waals surface area (Å²) in [6.45, 7) is 15.6. The average molecular weight is 598 g/mol. The van der Waals surface area contributed by atoms with Crippen LogP contribution in [-0.4, -0.2) is 41.4 Å². The van der Waals surface area contributed by atoms with Crippen molar-refractivity contribution in [3.63, 3.8) is 0 Å². The summed E-state index contributed by atoms with van der Waals surface area (Å²) >= 11 is 3.06. The number of nitrogens with zero attached hydrogens (tertiary/aromatic N) is 2. The summed E-state index contributed by atoms with van der Waals surface area (Å²) in [5, 5.41) is 15.6. The summed E-state index contributed by atoms with van der Waals surface area (Å²) in [5.74, 6) is 0.419. The lowest BCUT2D eigenvalue weighted by Crippen LogP contribution is -2.05. The van der Waals surface area contributed by atoms with Crippen LogP contribution in [0.5, 0.6) is 5.75 Å². The molecule has 1 aromatic carbocycles. The number of carboxylic acid groups (broad SMARTS) is 1. The van der Waals surface area contributed by atoms with Crippen LogP contribution in [0.15, 0.2) is 48.0 Å². The third-order valence-corrected chi connectivity index (χ3v) is 7.23. The molecule has 0 atom stereocenters. The third-order valence-electron chi connectivity index (χ3n) is 5.32. The van der Waals surface area contributed by atoms with Crippen molar-refractivity contribution >= 4 is 39.6 Å². The number of aromatic nitrogens is 2. The van der Waals surface area contributed by atoms with Crippen molar-refractivity contribution in [1.29, 1.82) is 0 Å². The molecule has 0 aliphatic carbocycles. The molecule has 0 unspecified atom stereocenters. The normalized spacial score (nSPS) is 10.4. The summed E-state index contributed by atoms with van der Waals surface area (Å²) in [6.07, 6.45) is 3.79. The molecule has 222 valence electrons. The number of nitrogens with one attached hydrogen (secondary N) is 1. The Bertz CT molecular complexity index is 1350. The van der Waals surface area contributed by atoms with Crippen molar-refractivity contribution in [2.75, 3.05) is 25.6 Å². The van der Waals surface area contributed by atoms with Crippen molar-refractivity contribution < 1.29 is 19.4 Å². The standard InChI is InChI=1S/C27H29N3O4S2.C3H8.C2H6/c1-16(2)10-23-24(18-11-17(3)12-20(13-18)34-8-7-33-4)29-27(36-23)30-25-21(26(31)32)14-19(15-28-25)22-6-5-9-35-22;1-3-2;1-2/h5-6,9,11-16H,7-8,10H2,1-4H3,(H,31,32)(H,28,29,30);3H2,1-2H3;1-2H3. The fourth-order valence-electron chi connectivity index (χ4n) is 3.76. The molecular formula is C32H43N3O4S2. The minimum Gasteiger partial charge on any atom is -0.491 e. The second-order valence-corrected chi connectivity index (χ2v) is 11.5. The SMILES string of the molecule is CC.CCC.COCCOc1cc(C)cc(-c2nc(Nc3ncc(-c4cccs4)cc3C(=O)O)sc2CC(C)C)c1. The fourth-order valence-corrected chi connectivity index (χ4v) is 5.66. The molecule has 9 heteroatoms. The van der Waals surface area contributed by atoms with Gasteiger partial charge in [-0.2, -0.15) is 0 Å². The molecule has 0 radical (unpaired) electrons. The zero-order valence-corrected chi connectivity index (χ0v) is 27.0. The lowest BCUT2D eigenvalue weighted by Gasteiger charge is -2.10. The molecule has 0 fully saturated rings. The number of aromatic carboxylic acids is 1. The molecule has 0 aliphatic rings. The van der Waals surface area contributed by atoms with Crippen molar-refractivity contribution in [2.45, 2.75) is 61.3 Å². The first-order valence-corrected chi connectivity index (χ1v) is 15.7. The van der Waals surface area contributed by atoms with E-state index in [0.29, 0.717) is 24.3 Å². The molecule has 4 aromatic rings. The van der Waals surface area contributed by atoms with E-state index in [9.17, 15) is 9.90 Å². The van der Waals surface area contributed by atoms with Gasteiger partial charge in [0.2, 0.25) is 0 Å². The number of ether oxygens (including phenoxy) is 2. The second kappa shape index (κ2) is 17.5. The number of pyridine rings is 1. The lowest BCUT2D eigenvalue weighted by molar-refractivity contribution is 0.0697. The number of hydrogen-bond donors (Lipinski definition) is 2. The highest BCUT2D eigenvalue weighted by molar-refractivity contribution is 7.16. The largest absolute Gasteiger partial charge is 0.491 e. The summed E-state index contributed by atoms with van der Waals surface area (Å²) in [7, 11) is 1.65. The summed E-state index contributed by atoms with van der Waals surface area (Å²) in [5.41, 5.74) is 3.77. The van der Waals surface area contributed by atoms with Gasteiger partial charge in [0.15, 0.2) is 5.13 Å². The minimum atomic E-state index is -1.04. The molecule has 3 heterocycles. The Balaban J connectivity index is 0.00000110. The molecule has 0 amide bonds. The number of thiazole rings is 1. The van der Waals surface area contributed by atoms with Gasteiger partial charge in [0.05, 0.1) is 12.3 Å². The fraction of sp³-hybridized carbons (Fsp3) is 0.406. The van der Waals surface area contributed by atoms with Gasteiger partial charge in [-0.05, 0) is 60.5 Å². The highest BCUT2D eigenvalue weighted by Crippen LogP contribution is 2.37. The number of hydrogen-bond acceptors (Lipinski definition) is 8. The van der Waals surface area contributed by atoms with Crippen LogP contribution in [0.3, 0.4) is 0 Å². The van der Waals surface area contributed by atoms with Gasteiger partial charge in [-0.3, -0.25) is 0 Å². The Morgan fingerprint density at radius 1 is 1.10 bits per heavy atom. The van der Waals surface area contributed by atoms with Crippen LogP contribution >= 0.6 is 22.7 Å². The van der Waals surface area contributed by atoms with Crippen LogP contribution in [0.4, 0.5) is 10.9 Å². The molecule has 0 spiro atoms. The predicted octanol–water partition coefficient (Wildman–Crippen LogP) is 9.35. The lowest BCUT2D eigenvalue weighted by atomic mass is 10.0. The van der Waals surface area contributed by atoms with E-state index in [1.54, 1.807) is 30.7 Å². The Hall–Kier alpha value is -3.27. The molecule has 4 rings (SSSR count). The number of carboxylic acids is 1. The number of thiophene rings is 1. The van der Waals surface area contributed by atoms with Gasteiger partial charge in [0.25, 0.3) is 0 Å². The van der Waals surface area contributed by atoms with E-state index in [4.69, 9.17) is 14.5 Å². The first-order valence-electron chi connectivity index (χ1n) is 14.0. The highest BCUT2D eigenvalue weighted by Gasteiger charge is 2.19. The van der Waals surface area contributed by atoms with Gasteiger partial charge in [-0.15, -0.1) is 22.7 Å². The molecule has 3 aromatic heterocycles. The topological polar surface area (TPSA) is 93.6 Å². The maximum Gasteiger partial charge on any atom is 0.339 e. The van der Waals surface area contributed by atoms with Crippen molar-refractivity contribution in [3.8, 4) is 27.4 Å². The number of aryl methyl sites for hydroxylation is 1. The number of benzene rings is 1. The highest BCUT2D eigenvalue weighted by atomic mass is 32.1. The van der Waals surface area contributed by atoms with Gasteiger partial charge in [0, 0.05) is 34.2 Å². The van der Waals surface area contributed by atoms with E-state index in [2.05, 4.69) is 44.1 Å². The van der Waals surface area contributed by atoms with Crippen LogP contribution in [-0.2, 0) is 11.2 Å². The summed E-state index contributed by atoms with van der Waals surface area (Å²) in [6, 6.07) is 11.6. The van der Waals surface area contributed by atoms with Crippen LogP contribution in [0.1, 0.15) is 68.8 Å². The van der Waals surface area contributed by atoms with Crippen LogP contribution in [0.25, 0.3) is 21.7 Å². The first-order chi connectivity index (χ1) is 19.7. The Kier molecular flexibility index (Phi) is 14.5. The maximum absolute atomic E-state index is 12.0. The second-order valence-electron chi connectivity index (χ2n) is 9.50. The van der Waals surface area contributed by atoms with Gasteiger partial charge in [-0.1, -0.05) is 54.0 Å². The minimum absolute atomic E-state index is 0.104. The molecular weight excluding hydrogens is 555 g/mol. The van der Waals surface area contributed by atoms with Crippen LogP contribution in [0.2, 0.25) is 0 Å². The Labute approximate surface area is 252 Å². The zero-order valence-electron chi connectivity index (χ0n) is 25.4. The Morgan fingerprint density at radius 3 is 2.44 bits per heavy atom. The van der Waals surface area contributed by atoms with Crippen molar-refractivity contribution in [1.82, 2.24) is 9.97 Å². The maximum atomic E-state index is 12.0. The number of rotatable bonds is 11. The molecule has 0 bridgehead atoms. The summed E-state index contributed by atoms with van der Waals surface area (Å²) in [4.78, 5) is 23.4. The molecule has 41 heavy (non-hydrogen) atoms. The van der Waals surface area contributed by atoms with E-state index >= 15 is 0 Å². The van der Waals surface area contributed by atoms with Crippen molar-refractivity contribution in [3.05, 3.63) is 64.0 Å². The number of anilines is 2. The summed E-state index contributed by atoms with van der Waals surface area (Å²) < 4.78 is 11.0.